The number of hydrogen-bond donors (Lipinski definition) is 5. The number of para-hydroxylation sites is 1. The molecule has 0 fully saturated rings. The third-order valence-corrected chi connectivity index (χ3v) is 4.42. The van der Waals surface area contributed by atoms with Gasteiger partial charge in [0, 0.05) is 5.38 Å². The van der Waals surface area contributed by atoms with Crippen LogP contribution in [0.25, 0.3) is 0 Å². The quantitative estimate of drug-likeness (QED) is 0.211. The minimum atomic E-state index is -1.48. The molecule has 2 aromatic rings. The van der Waals surface area contributed by atoms with Gasteiger partial charge in [0.15, 0.2) is 10.8 Å². The number of aromatic carboxylic acids is 1. The highest BCUT2D eigenvalue weighted by Gasteiger charge is 2.38. The van der Waals surface area contributed by atoms with E-state index in [1.165, 1.54) is 11.4 Å². The lowest BCUT2D eigenvalue weighted by Gasteiger charge is -2.28. The molecule has 1 aliphatic rings. The number of nitrogens with two attached hydrogens (primary N) is 1. The third-order valence-electron chi connectivity index (χ3n) is 3.75. The molecule has 10 nitrogen and oxygen atoms in total. The summed E-state index contributed by atoms with van der Waals surface area (Å²) >= 11 is 1.07. The molecule has 0 aliphatic carbocycles. The van der Waals surface area contributed by atoms with Crippen LogP contribution in [0.3, 0.4) is 0 Å². The van der Waals surface area contributed by atoms with Crippen molar-refractivity contribution >= 4 is 41.2 Å². The monoisotopic (exact) mass is 376 g/mol. The fourth-order valence-electron chi connectivity index (χ4n) is 2.56. The fraction of sp³-hybridized carbons (Fsp3) is 0.143. The number of carboxylic acid groups (broad SMARTS) is 1. The lowest BCUT2D eigenvalue weighted by molar-refractivity contribution is -0.115. The number of nitrogens with one attached hydrogen (secondary N) is 1. The van der Waals surface area contributed by atoms with Gasteiger partial charge in [-0.3, -0.25) is 4.79 Å². The van der Waals surface area contributed by atoms with Crippen molar-refractivity contribution in [2.24, 2.45) is 5.16 Å². The number of aromatic nitrogens is 1. The maximum atomic E-state index is 12.3. The van der Waals surface area contributed by atoms with E-state index in [2.05, 4.69) is 15.5 Å². The highest BCUT2D eigenvalue weighted by Crippen LogP contribution is 2.30. The maximum absolute atomic E-state index is 12.3. The topological polar surface area (TPSA) is 167 Å². The van der Waals surface area contributed by atoms with Crippen molar-refractivity contribution in [1.82, 2.24) is 10.3 Å². The van der Waals surface area contributed by atoms with Gasteiger partial charge in [-0.2, -0.15) is 0 Å². The van der Waals surface area contributed by atoms with Gasteiger partial charge < -0.3 is 31.0 Å². The van der Waals surface area contributed by atoms with Crippen LogP contribution in [0.4, 0.5) is 5.13 Å². The molecular weight excluding hydrogens is 363 g/mol. The Hall–Kier alpha value is -3.12. The number of fused-ring (bicyclic) bond motifs is 1. The molecule has 1 aromatic carbocycles. The zero-order valence-electron chi connectivity index (χ0n) is 13.1. The number of carbonyl (C=O) groups is 2. The van der Waals surface area contributed by atoms with Gasteiger partial charge in [0.2, 0.25) is 0 Å². The van der Waals surface area contributed by atoms with Crippen molar-refractivity contribution in [2.45, 2.75) is 12.4 Å². The first-order valence-corrected chi connectivity index (χ1v) is 8.23. The summed E-state index contributed by atoms with van der Waals surface area (Å²) in [5.74, 6) is -2.80. The van der Waals surface area contributed by atoms with Crippen molar-refractivity contribution < 1.29 is 29.6 Å². The molecule has 3 rings (SSSR count). The summed E-state index contributed by atoms with van der Waals surface area (Å²) in [5, 5.41) is 35.5. The number of nitrogens with zero attached hydrogens (tertiary/aromatic N) is 2. The summed E-state index contributed by atoms with van der Waals surface area (Å²) in [6.45, 7) is 0. The first-order valence-electron chi connectivity index (χ1n) is 7.35. The second-order valence-corrected chi connectivity index (χ2v) is 6.30. The van der Waals surface area contributed by atoms with Crippen LogP contribution in [0.15, 0.2) is 28.7 Å². The average Bonchev–Trinajstić information content (AvgIpc) is 3.01. The third kappa shape index (κ3) is 3.32. The number of benzene rings is 1. The number of nitrogen functional groups attached to an aromatic ring is 1. The number of amides is 1. The van der Waals surface area contributed by atoms with Gasteiger partial charge in [-0.1, -0.05) is 17.3 Å². The zero-order valence-corrected chi connectivity index (χ0v) is 13.9. The molecule has 0 unspecified atom stereocenters. The predicted molar refractivity (Wildman–Crippen MR) is 92.5 cm³/mol. The van der Waals surface area contributed by atoms with Crippen molar-refractivity contribution in [3.05, 3.63) is 40.4 Å². The number of carbonyl (C=O) groups excluding carboxylic acids is 1. The van der Waals surface area contributed by atoms with E-state index < -0.39 is 24.9 Å². The van der Waals surface area contributed by atoms with Crippen LogP contribution in [0.1, 0.15) is 21.6 Å². The SMILES string of the molecule is Nc1nc(/C(=N/O)C(=O)N[C@H]2Cc3cccc(C(=O)O)c3OB2O)cs1. The molecule has 134 valence electrons. The van der Waals surface area contributed by atoms with Crippen LogP contribution in [0.2, 0.25) is 0 Å². The maximum Gasteiger partial charge on any atom is 0.547 e. The fourth-order valence-corrected chi connectivity index (χ4v) is 3.11. The van der Waals surface area contributed by atoms with Crippen LogP contribution in [-0.4, -0.2) is 51.0 Å². The molecule has 26 heavy (non-hydrogen) atoms. The van der Waals surface area contributed by atoms with E-state index in [1.807, 2.05) is 0 Å². The van der Waals surface area contributed by atoms with E-state index in [0.29, 0.717) is 5.56 Å². The molecule has 1 atom stereocenters. The van der Waals surface area contributed by atoms with E-state index in [1.54, 1.807) is 12.1 Å². The van der Waals surface area contributed by atoms with Crippen molar-refractivity contribution in [1.29, 1.82) is 0 Å². The van der Waals surface area contributed by atoms with Gasteiger partial charge in [-0.15, -0.1) is 11.3 Å². The molecule has 0 bridgehead atoms. The largest absolute Gasteiger partial charge is 0.547 e. The van der Waals surface area contributed by atoms with E-state index in [0.717, 1.165) is 11.3 Å². The molecule has 1 aliphatic heterocycles. The van der Waals surface area contributed by atoms with E-state index in [4.69, 9.17) is 15.6 Å². The Morgan fingerprint density at radius 1 is 1.46 bits per heavy atom. The van der Waals surface area contributed by atoms with Crippen LogP contribution in [0, 0.1) is 0 Å². The Labute approximate surface area is 151 Å². The van der Waals surface area contributed by atoms with Crippen LogP contribution in [0.5, 0.6) is 5.75 Å². The summed E-state index contributed by atoms with van der Waals surface area (Å²) in [4.78, 5) is 27.4. The molecule has 6 N–H and O–H groups in total. The number of thiazole rings is 1. The van der Waals surface area contributed by atoms with Gasteiger partial charge in [0.05, 0.1) is 11.5 Å². The van der Waals surface area contributed by atoms with E-state index in [-0.39, 0.29) is 34.3 Å². The van der Waals surface area contributed by atoms with Gasteiger partial charge in [-0.25, -0.2) is 9.78 Å². The number of anilines is 1. The Balaban J connectivity index is 1.80. The van der Waals surface area contributed by atoms with Crippen molar-refractivity contribution in [3.63, 3.8) is 0 Å². The standard InChI is InChI=1S/C14H13BN4O6S/c16-14-17-8(5-26-14)10(19-24)12(20)18-9-4-6-2-1-3-7(13(21)22)11(6)25-15(9)23/h1-3,5,9,23-24H,4H2,(H2,16,17)(H,18,20)(H,21,22)/b19-10-/t9-/m0/s1. The summed E-state index contributed by atoms with van der Waals surface area (Å²) in [7, 11) is -1.48. The molecule has 2 heterocycles. The lowest BCUT2D eigenvalue weighted by Crippen LogP contribution is -2.54. The zero-order chi connectivity index (χ0) is 18.8. The molecular formula is C14H13BN4O6S. The molecule has 1 amide bonds. The van der Waals surface area contributed by atoms with Gasteiger partial charge in [0.1, 0.15) is 11.4 Å². The Kier molecular flexibility index (Phi) is 4.78. The smallest absolute Gasteiger partial charge is 0.534 e. The summed E-state index contributed by atoms with van der Waals surface area (Å²) in [5.41, 5.74) is 5.66. The first kappa shape index (κ1) is 17.7. The molecule has 0 saturated carbocycles. The summed E-state index contributed by atoms with van der Waals surface area (Å²) < 4.78 is 5.29. The van der Waals surface area contributed by atoms with Gasteiger partial charge in [0.25, 0.3) is 5.91 Å². The Morgan fingerprint density at radius 2 is 2.23 bits per heavy atom. The van der Waals surface area contributed by atoms with E-state index >= 15 is 0 Å². The van der Waals surface area contributed by atoms with Crippen LogP contribution >= 0.6 is 11.3 Å². The number of rotatable bonds is 4. The Bertz CT molecular complexity index is 901. The second-order valence-electron chi connectivity index (χ2n) is 5.41. The van der Waals surface area contributed by atoms with Crippen LogP contribution in [-0.2, 0) is 11.2 Å². The van der Waals surface area contributed by atoms with Gasteiger partial charge >= 0.3 is 13.1 Å². The van der Waals surface area contributed by atoms with Crippen molar-refractivity contribution in [2.75, 3.05) is 5.73 Å². The lowest BCUT2D eigenvalue weighted by atomic mass is 9.72. The second kappa shape index (κ2) is 7.02. The number of carboxylic acids is 1. The molecule has 0 radical (unpaired) electrons. The first-order chi connectivity index (χ1) is 12.4. The molecule has 12 heteroatoms. The highest BCUT2D eigenvalue weighted by atomic mass is 32.1. The number of oxime groups is 1. The molecule has 1 aromatic heterocycles. The minimum absolute atomic E-state index is 0.0568. The molecule has 0 spiro atoms. The van der Waals surface area contributed by atoms with Gasteiger partial charge in [-0.05, 0) is 18.1 Å². The summed E-state index contributed by atoms with van der Waals surface area (Å²) in [6, 6.07) is 4.53. The minimum Gasteiger partial charge on any atom is -0.534 e. The normalized spacial score (nSPS) is 16.6. The molecule has 0 saturated heterocycles. The van der Waals surface area contributed by atoms with Crippen molar-refractivity contribution in [3.8, 4) is 5.75 Å². The predicted octanol–water partition coefficient (Wildman–Crippen LogP) is -0.259. The number of hydrogen-bond acceptors (Lipinski definition) is 9. The highest BCUT2D eigenvalue weighted by molar-refractivity contribution is 7.13. The van der Waals surface area contributed by atoms with Crippen LogP contribution < -0.4 is 15.7 Å². The Morgan fingerprint density at radius 3 is 2.85 bits per heavy atom. The summed E-state index contributed by atoms with van der Waals surface area (Å²) in [6.07, 6.45) is 0.126. The average molecular weight is 376 g/mol. The van der Waals surface area contributed by atoms with E-state index in [9.17, 15) is 19.7 Å².